The molecule has 7 heteroatoms. The fourth-order valence-electron chi connectivity index (χ4n) is 2.64. The fraction of sp³-hybridized carbons (Fsp3) is 0.333. The molecule has 0 heterocycles. The third-order valence-electron chi connectivity index (χ3n) is 3.95. The van der Waals surface area contributed by atoms with Crippen LogP contribution in [0.3, 0.4) is 0 Å². The van der Waals surface area contributed by atoms with Gasteiger partial charge in [0.05, 0.1) is 5.69 Å². The summed E-state index contributed by atoms with van der Waals surface area (Å²) in [6.45, 7) is 6.98. The first-order valence-corrected chi connectivity index (χ1v) is 9.97. The SMILES string of the molecule is C[C@@H](C=O)N(C(=O)OC(C)(C)C)N(C)c1ccc(Cl)c(-c2cccc(Br)c2)c1. The highest BCUT2D eigenvalue weighted by Crippen LogP contribution is 2.33. The van der Waals surface area contributed by atoms with E-state index in [0.717, 1.165) is 15.6 Å². The van der Waals surface area contributed by atoms with Crippen molar-refractivity contribution in [2.45, 2.75) is 39.3 Å². The fourth-order valence-corrected chi connectivity index (χ4v) is 3.27. The number of hydrazine groups is 1. The number of halogens is 2. The van der Waals surface area contributed by atoms with Gasteiger partial charge in [0.2, 0.25) is 0 Å². The number of benzene rings is 2. The lowest BCUT2D eigenvalue weighted by Gasteiger charge is -2.37. The van der Waals surface area contributed by atoms with Crippen LogP contribution in [0.5, 0.6) is 0 Å². The molecule has 1 amide bonds. The van der Waals surface area contributed by atoms with Crippen molar-refractivity contribution in [3.8, 4) is 11.1 Å². The standard InChI is InChI=1S/C21H24BrClN2O3/c1-14(13-26)25(20(27)28-21(2,3)4)24(5)17-9-10-19(23)18(12-17)15-7-6-8-16(22)11-15/h6-14H,1-5H3/t14-/m0/s1. The van der Waals surface area contributed by atoms with E-state index < -0.39 is 17.7 Å². The highest BCUT2D eigenvalue weighted by molar-refractivity contribution is 9.10. The van der Waals surface area contributed by atoms with Crippen LogP contribution in [-0.2, 0) is 9.53 Å². The van der Waals surface area contributed by atoms with Gasteiger partial charge in [0, 0.05) is 22.1 Å². The number of hydrogen-bond donors (Lipinski definition) is 0. The Hall–Kier alpha value is -2.05. The van der Waals surface area contributed by atoms with Crippen LogP contribution in [0.15, 0.2) is 46.9 Å². The molecule has 0 saturated carbocycles. The summed E-state index contributed by atoms with van der Waals surface area (Å²) in [5, 5.41) is 3.47. The maximum atomic E-state index is 12.7. The van der Waals surface area contributed by atoms with E-state index in [1.54, 1.807) is 51.9 Å². The van der Waals surface area contributed by atoms with Gasteiger partial charge in [-0.05, 0) is 63.6 Å². The molecule has 0 fully saturated rings. The summed E-state index contributed by atoms with van der Waals surface area (Å²) in [6.07, 6.45) is 0.0968. The van der Waals surface area contributed by atoms with Crippen molar-refractivity contribution in [3.05, 3.63) is 52.0 Å². The van der Waals surface area contributed by atoms with Gasteiger partial charge in [-0.2, -0.15) is 0 Å². The summed E-state index contributed by atoms with van der Waals surface area (Å²) in [6, 6.07) is 12.5. The highest BCUT2D eigenvalue weighted by Gasteiger charge is 2.29. The Morgan fingerprint density at radius 2 is 1.89 bits per heavy atom. The van der Waals surface area contributed by atoms with Crippen molar-refractivity contribution in [1.29, 1.82) is 0 Å². The molecule has 28 heavy (non-hydrogen) atoms. The van der Waals surface area contributed by atoms with Gasteiger partial charge in [-0.3, -0.25) is 5.01 Å². The van der Waals surface area contributed by atoms with Gasteiger partial charge in [0.25, 0.3) is 0 Å². The van der Waals surface area contributed by atoms with Gasteiger partial charge in [0.15, 0.2) is 0 Å². The minimum atomic E-state index is -0.704. The number of anilines is 1. The van der Waals surface area contributed by atoms with Crippen LogP contribution in [0, 0.1) is 0 Å². The van der Waals surface area contributed by atoms with Crippen LogP contribution in [0.4, 0.5) is 10.5 Å². The Morgan fingerprint density at radius 3 is 2.46 bits per heavy atom. The number of amides is 1. The minimum absolute atomic E-state index is 0.586. The molecule has 2 rings (SSSR count). The number of carbonyl (C=O) groups excluding carboxylic acids is 2. The molecule has 0 unspecified atom stereocenters. The molecule has 2 aromatic carbocycles. The molecule has 0 spiro atoms. The maximum absolute atomic E-state index is 12.7. The third-order valence-corrected chi connectivity index (χ3v) is 4.77. The zero-order valence-electron chi connectivity index (χ0n) is 16.6. The largest absolute Gasteiger partial charge is 0.442 e. The Kier molecular flexibility index (Phi) is 7.12. The van der Waals surface area contributed by atoms with Gasteiger partial charge < -0.3 is 9.53 Å². The average Bonchev–Trinajstić information content (AvgIpc) is 2.60. The van der Waals surface area contributed by atoms with E-state index in [1.165, 1.54) is 5.01 Å². The van der Waals surface area contributed by atoms with Crippen molar-refractivity contribution in [3.63, 3.8) is 0 Å². The summed E-state index contributed by atoms with van der Waals surface area (Å²) in [5.74, 6) is 0. The first-order chi connectivity index (χ1) is 13.0. The molecule has 5 nitrogen and oxygen atoms in total. The summed E-state index contributed by atoms with van der Waals surface area (Å²) in [7, 11) is 1.71. The van der Waals surface area contributed by atoms with Gasteiger partial charge in [-0.25, -0.2) is 9.80 Å². The molecule has 150 valence electrons. The molecule has 1 atom stereocenters. The van der Waals surface area contributed by atoms with E-state index in [0.29, 0.717) is 17.0 Å². The molecule has 0 radical (unpaired) electrons. The smallest absolute Gasteiger partial charge is 0.429 e. The van der Waals surface area contributed by atoms with Crippen molar-refractivity contribution in [2.24, 2.45) is 0 Å². The van der Waals surface area contributed by atoms with E-state index in [4.69, 9.17) is 16.3 Å². The second-order valence-electron chi connectivity index (χ2n) is 7.40. The summed E-state index contributed by atoms with van der Waals surface area (Å²) >= 11 is 9.88. The van der Waals surface area contributed by atoms with Crippen molar-refractivity contribution in [1.82, 2.24) is 5.01 Å². The van der Waals surface area contributed by atoms with Crippen molar-refractivity contribution >= 4 is 45.6 Å². The summed E-state index contributed by atoms with van der Waals surface area (Å²) in [4.78, 5) is 24.1. The molecule has 0 aliphatic carbocycles. The zero-order chi connectivity index (χ0) is 21.1. The molecule has 0 aliphatic heterocycles. The van der Waals surface area contributed by atoms with Crippen molar-refractivity contribution in [2.75, 3.05) is 12.1 Å². The van der Waals surface area contributed by atoms with Crippen LogP contribution in [0.1, 0.15) is 27.7 Å². The number of ether oxygens (including phenoxy) is 1. The number of carbonyl (C=O) groups is 2. The van der Waals surface area contributed by atoms with Crippen LogP contribution in [0.2, 0.25) is 5.02 Å². The lowest BCUT2D eigenvalue weighted by Crippen LogP contribution is -2.52. The molecule has 0 aliphatic rings. The zero-order valence-corrected chi connectivity index (χ0v) is 18.9. The Balaban J connectivity index is 2.44. The Labute approximate surface area is 179 Å². The first-order valence-electron chi connectivity index (χ1n) is 8.80. The van der Waals surface area contributed by atoms with Gasteiger partial charge in [0.1, 0.15) is 17.9 Å². The number of nitrogens with zero attached hydrogens (tertiary/aromatic N) is 2. The molecule has 0 bridgehead atoms. The summed E-state index contributed by atoms with van der Waals surface area (Å²) in [5.41, 5.74) is 1.76. The molecule has 0 aromatic heterocycles. The second kappa shape index (κ2) is 8.97. The minimum Gasteiger partial charge on any atom is -0.442 e. The van der Waals surface area contributed by atoms with E-state index in [9.17, 15) is 9.59 Å². The molecule has 0 saturated heterocycles. The predicted octanol–water partition coefficient (Wildman–Crippen LogP) is 5.95. The second-order valence-corrected chi connectivity index (χ2v) is 8.72. The summed E-state index contributed by atoms with van der Waals surface area (Å²) < 4.78 is 6.41. The monoisotopic (exact) mass is 466 g/mol. The molecule has 2 aromatic rings. The normalized spacial score (nSPS) is 12.2. The van der Waals surface area contributed by atoms with E-state index in [1.807, 2.05) is 30.3 Å². The van der Waals surface area contributed by atoms with Gasteiger partial charge >= 0.3 is 6.09 Å². The lowest BCUT2D eigenvalue weighted by molar-refractivity contribution is -0.112. The van der Waals surface area contributed by atoms with Crippen LogP contribution < -0.4 is 5.01 Å². The Morgan fingerprint density at radius 1 is 1.21 bits per heavy atom. The quantitative estimate of drug-likeness (QED) is 0.403. The van der Waals surface area contributed by atoms with Crippen molar-refractivity contribution < 1.29 is 14.3 Å². The van der Waals surface area contributed by atoms with Crippen LogP contribution >= 0.6 is 27.5 Å². The van der Waals surface area contributed by atoms with Gasteiger partial charge in [-0.1, -0.05) is 39.7 Å². The number of aldehydes is 1. The number of rotatable bonds is 5. The average molecular weight is 468 g/mol. The van der Waals surface area contributed by atoms with E-state index >= 15 is 0 Å². The molecular weight excluding hydrogens is 444 g/mol. The lowest BCUT2D eigenvalue weighted by atomic mass is 10.0. The van der Waals surface area contributed by atoms with E-state index in [2.05, 4.69) is 15.9 Å². The first kappa shape index (κ1) is 22.2. The maximum Gasteiger partial charge on any atom is 0.429 e. The molecular formula is C21H24BrClN2O3. The van der Waals surface area contributed by atoms with Crippen LogP contribution in [-0.4, -0.2) is 36.1 Å². The topological polar surface area (TPSA) is 49.9 Å². The highest BCUT2D eigenvalue weighted by atomic mass is 79.9. The third kappa shape index (κ3) is 5.49. The predicted molar refractivity (Wildman–Crippen MR) is 117 cm³/mol. The van der Waals surface area contributed by atoms with E-state index in [-0.39, 0.29) is 0 Å². The Bertz CT molecular complexity index is 867. The molecule has 0 N–H and O–H groups in total. The number of hydrogen-bond acceptors (Lipinski definition) is 4. The van der Waals surface area contributed by atoms with Crippen LogP contribution in [0.25, 0.3) is 11.1 Å². The van der Waals surface area contributed by atoms with Gasteiger partial charge in [-0.15, -0.1) is 0 Å².